The summed E-state index contributed by atoms with van der Waals surface area (Å²) in [4.78, 5) is 4.24. The first-order valence-corrected chi connectivity index (χ1v) is 7.35. The quantitative estimate of drug-likeness (QED) is 0.891. The van der Waals surface area contributed by atoms with Crippen molar-refractivity contribution >= 4 is 0 Å². The van der Waals surface area contributed by atoms with Crippen LogP contribution in [0.2, 0.25) is 0 Å². The highest BCUT2D eigenvalue weighted by atomic mass is 16.3. The number of imidazole rings is 1. The number of rotatable bonds is 3. The zero-order valence-corrected chi connectivity index (χ0v) is 11.4. The molecule has 1 aromatic rings. The van der Waals surface area contributed by atoms with Gasteiger partial charge in [-0.05, 0) is 49.9 Å². The van der Waals surface area contributed by atoms with Crippen LogP contribution >= 0.6 is 0 Å². The summed E-state index contributed by atoms with van der Waals surface area (Å²) in [5, 5.41) is 10.7. The minimum Gasteiger partial charge on any atom is -0.387 e. The summed E-state index contributed by atoms with van der Waals surface area (Å²) in [7, 11) is 0. The topological polar surface area (TPSA) is 38.1 Å². The molecular weight excluding hydrogens is 224 g/mol. The van der Waals surface area contributed by atoms with Crippen LogP contribution in [0, 0.1) is 17.8 Å². The van der Waals surface area contributed by atoms with Gasteiger partial charge in [-0.15, -0.1) is 0 Å². The van der Waals surface area contributed by atoms with Gasteiger partial charge < -0.3 is 9.67 Å². The van der Waals surface area contributed by atoms with E-state index in [1.54, 1.807) is 0 Å². The minimum absolute atomic E-state index is 0.321. The molecule has 2 fully saturated rings. The molecule has 1 aromatic heterocycles. The van der Waals surface area contributed by atoms with Gasteiger partial charge in [0.25, 0.3) is 0 Å². The monoisotopic (exact) mass is 248 g/mol. The second-order valence-corrected chi connectivity index (χ2v) is 6.58. The molecule has 3 heteroatoms. The average molecular weight is 248 g/mol. The van der Waals surface area contributed by atoms with Crippen LogP contribution in [0.3, 0.4) is 0 Å². The van der Waals surface area contributed by atoms with E-state index in [1.807, 2.05) is 12.5 Å². The Kier molecular flexibility index (Phi) is 3.18. The van der Waals surface area contributed by atoms with Crippen LogP contribution in [0.1, 0.15) is 63.8 Å². The lowest BCUT2D eigenvalue weighted by Crippen LogP contribution is -2.25. The number of nitrogens with zero attached hydrogens (tertiary/aromatic N) is 2. The fourth-order valence-electron chi connectivity index (χ4n) is 3.71. The molecule has 3 atom stereocenters. The van der Waals surface area contributed by atoms with Crippen LogP contribution in [-0.2, 0) is 0 Å². The highest BCUT2D eigenvalue weighted by Crippen LogP contribution is 2.42. The van der Waals surface area contributed by atoms with Crippen molar-refractivity contribution in [1.82, 2.24) is 9.55 Å². The van der Waals surface area contributed by atoms with E-state index in [0.29, 0.717) is 12.0 Å². The van der Waals surface area contributed by atoms with Crippen LogP contribution in [0.25, 0.3) is 0 Å². The van der Waals surface area contributed by atoms with Crippen LogP contribution in [0.5, 0.6) is 0 Å². The third kappa shape index (κ3) is 2.33. The number of hydrogen-bond donors (Lipinski definition) is 1. The van der Waals surface area contributed by atoms with Gasteiger partial charge in [-0.2, -0.15) is 0 Å². The standard InChI is InChI=1S/C15H24N2O/c1-10-5-11(2)7-12(6-10)15(18)14-8-16-9-17(14)13-3-4-13/h8-13,15,18H,3-7H2,1-2H3. The van der Waals surface area contributed by atoms with E-state index in [9.17, 15) is 5.11 Å². The first-order valence-electron chi connectivity index (χ1n) is 7.35. The fourth-order valence-corrected chi connectivity index (χ4v) is 3.71. The maximum Gasteiger partial charge on any atom is 0.0984 e. The molecule has 0 saturated heterocycles. The van der Waals surface area contributed by atoms with Crippen molar-refractivity contribution in [1.29, 1.82) is 0 Å². The van der Waals surface area contributed by atoms with E-state index in [4.69, 9.17) is 0 Å². The lowest BCUT2D eigenvalue weighted by atomic mass is 9.74. The number of aliphatic hydroxyl groups is 1. The van der Waals surface area contributed by atoms with Crippen molar-refractivity contribution in [3.8, 4) is 0 Å². The Morgan fingerprint density at radius 2 is 1.89 bits per heavy atom. The van der Waals surface area contributed by atoms with E-state index >= 15 is 0 Å². The van der Waals surface area contributed by atoms with Gasteiger partial charge in [0.2, 0.25) is 0 Å². The van der Waals surface area contributed by atoms with Crippen molar-refractivity contribution in [2.75, 3.05) is 0 Å². The Morgan fingerprint density at radius 3 is 2.50 bits per heavy atom. The van der Waals surface area contributed by atoms with Crippen LogP contribution in [0.15, 0.2) is 12.5 Å². The molecule has 2 saturated carbocycles. The Bertz CT molecular complexity index is 400. The first-order chi connectivity index (χ1) is 8.65. The zero-order chi connectivity index (χ0) is 12.7. The molecule has 1 N–H and O–H groups in total. The molecule has 2 aliphatic rings. The molecule has 3 nitrogen and oxygen atoms in total. The zero-order valence-electron chi connectivity index (χ0n) is 11.4. The molecule has 3 unspecified atom stereocenters. The molecule has 0 aromatic carbocycles. The van der Waals surface area contributed by atoms with Crippen molar-refractivity contribution in [2.45, 2.75) is 58.1 Å². The summed E-state index contributed by atoms with van der Waals surface area (Å²) < 4.78 is 2.20. The molecule has 1 heterocycles. The lowest BCUT2D eigenvalue weighted by Gasteiger charge is -2.34. The summed E-state index contributed by atoms with van der Waals surface area (Å²) in [5.74, 6) is 1.90. The van der Waals surface area contributed by atoms with Gasteiger partial charge in [0.1, 0.15) is 0 Å². The van der Waals surface area contributed by atoms with E-state index in [1.165, 1.54) is 19.3 Å². The maximum absolute atomic E-state index is 10.7. The lowest BCUT2D eigenvalue weighted by molar-refractivity contribution is 0.0495. The second kappa shape index (κ2) is 4.69. The molecule has 0 amide bonds. The number of aliphatic hydroxyl groups excluding tert-OH is 1. The average Bonchev–Trinajstić information content (AvgIpc) is 3.05. The van der Waals surface area contributed by atoms with E-state index in [2.05, 4.69) is 23.4 Å². The molecule has 2 aliphatic carbocycles. The molecule has 0 bridgehead atoms. The van der Waals surface area contributed by atoms with E-state index in [0.717, 1.165) is 30.4 Å². The second-order valence-electron chi connectivity index (χ2n) is 6.58. The third-order valence-electron chi connectivity index (χ3n) is 4.60. The van der Waals surface area contributed by atoms with Crippen molar-refractivity contribution < 1.29 is 5.11 Å². The summed E-state index contributed by atoms with van der Waals surface area (Å²) in [6.07, 6.45) is 9.55. The highest BCUT2D eigenvalue weighted by Gasteiger charge is 2.33. The predicted molar refractivity (Wildman–Crippen MR) is 71.1 cm³/mol. The molecule has 3 rings (SSSR count). The Labute approximate surface area is 109 Å². The van der Waals surface area contributed by atoms with Crippen LogP contribution < -0.4 is 0 Å². The van der Waals surface area contributed by atoms with Gasteiger partial charge in [0.15, 0.2) is 0 Å². The summed E-state index contributed by atoms with van der Waals surface area (Å²) in [6, 6.07) is 0.607. The van der Waals surface area contributed by atoms with Gasteiger partial charge in [-0.3, -0.25) is 0 Å². The molecule has 0 radical (unpaired) electrons. The first kappa shape index (κ1) is 12.2. The van der Waals surface area contributed by atoms with Gasteiger partial charge in [-0.1, -0.05) is 13.8 Å². The predicted octanol–water partition coefficient (Wildman–Crippen LogP) is 3.32. The SMILES string of the molecule is CC1CC(C)CC(C(O)c2cncn2C2CC2)C1. The number of hydrogen-bond acceptors (Lipinski definition) is 2. The molecule has 0 aliphatic heterocycles. The van der Waals surface area contributed by atoms with Crippen LogP contribution in [-0.4, -0.2) is 14.7 Å². The summed E-state index contributed by atoms with van der Waals surface area (Å²) >= 11 is 0. The summed E-state index contributed by atoms with van der Waals surface area (Å²) in [5.41, 5.74) is 1.05. The molecular formula is C15H24N2O. The molecule has 0 spiro atoms. The minimum atomic E-state index is -0.321. The summed E-state index contributed by atoms with van der Waals surface area (Å²) in [6.45, 7) is 4.63. The Hall–Kier alpha value is -0.830. The molecule has 100 valence electrons. The highest BCUT2D eigenvalue weighted by molar-refractivity contribution is 5.08. The van der Waals surface area contributed by atoms with Gasteiger partial charge >= 0.3 is 0 Å². The van der Waals surface area contributed by atoms with Gasteiger partial charge in [0, 0.05) is 6.04 Å². The van der Waals surface area contributed by atoms with Crippen molar-refractivity contribution in [3.63, 3.8) is 0 Å². The third-order valence-corrected chi connectivity index (χ3v) is 4.60. The van der Waals surface area contributed by atoms with Crippen LogP contribution in [0.4, 0.5) is 0 Å². The Morgan fingerprint density at radius 1 is 1.22 bits per heavy atom. The van der Waals surface area contributed by atoms with Gasteiger partial charge in [0.05, 0.1) is 24.3 Å². The van der Waals surface area contributed by atoms with Crippen molar-refractivity contribution in [2.24, 2.45) is 17.8 Å². The number of aromatic nitrogens is 2. The van der Waals surface area contributed by atoms with Gasteiger partial charge in [-0.25, -0.2) is 4.98 Å². The smallest absolute Gasteiger partial charge is 0.0984 e. The van der Waals surface area contributed by atoms with Crippen molar-refractivity contribution in [3.05, 3.63) is 18.2 Å². The Balaban J connectivity index is 1.76. The normalized spacial score (nSPS) is 34.5. The largest absolute Gasteiger partial charge is 0.387 e. The maximum atomic E-state index is 10.7. The van der Waals surface area contributed by atoms with E-state index in [-0.39, 0.29) is 6.10 Å². The fraction of sp³-hybridized carbons (Fsp3) is 0.800. The molecule has 18 heavy (non-hydrogen) atoms. The van der Waals surface area contributed by atoms with E-state index < -0.39 is 0 Å².